The van der Waals surface area contributed by atoms with Gasteiger partial charge in [-0.25, -0.2) is 9.59 Å². The van der Waals surface area contributed by atoms with E-state index in [1.807, 2.05) is 13.0 Å². The number of Topliss-reactive ketones (excluding diaryl/α,β-unsaturated/α-hetero) is 2. The summed E-state index contributed by atoms with van der Waals surface area (Å²) in [6.07, 6.45) is 14.9. The summed E-state index contributed by atoms with van der Waals surface area (Å²) in [5.41, 5.74) is 2.47. The highest BCUT2D eigenvalue weighted by Gasteiger charge is 2.31. The fourth-order valence-electron chi connectivity index (χ4n) is 6.67. The predicted octanol–water partition coefficient (Wildman–Crippen LogP) is 6.95. The lowest BCUT2D eigenvalue weighted by molar-refractivity contribution is -0.383. The Kier molecular flexibility index (Phi) is 9.30. The van der Waals surface area contributed by atoms with Gasteiger partial charge in [-0.05, 0) is 62.8 Å². The number of hydrogen-bond donors (Lipinski definition) is 0. The number of hydrogen-bond acceptors (Lipinski definition) is 10. The van der Waals surface area contributed by atoms with E-state index >= 15 is 0 Å². The van der Waals surface area contributed by atoms with Crippen LogP contribution in [0.2, 0.25) is 0 Å². The van der Waals surface area contributed by atoms with Crippen molar-refractivity contribution in [2.24, 2.45) is 23.3 Å². The van der Waals surface area contributed by atoms with Crippen molar-refractivity contribution in [3.05, 3.63) is 98.7 Å². The maximum Gasteiger partial charge on any atom is 0.362 e. The molecule has 250 valence electrons. The molecule has 0 amide bonds. The average Bonchev–Trinajstić information content (AvgIpc) is 3.94. The largest absolute Gasteiger partial charge is 0.362 e. The summed E-state index contributed by atoms with van der Waals surface area (Å²) in [5, 5.41) is 21.2. The van der Waals surface area contributed by atoms with Crippen molar-refractivity contribution < 1.29 is 33.8 Å². The number of nitro groups is 1. The molecular formula is C37H34N4O8. The normalized spacial score (nSPS) is 16.4. The first-order valence-electron chi connectivity index (χ1n) is 16.2. The average molecular weight is 663 g/mol. The van der Waals surface area contributed by atoms with Gasteiger partial charge >= 0.3 is 11.9 Å². The Labute approximate surface area is 281 Å². The summed E-state index contributed by atoms with van der Waals surface area (Å²) in [6, 6.07) is 6.11. The van der Waals surface area contributed by atoms with Crippen molar-refractivity contribution in [2.45, 2.75) is 58.8 Å². The van der Waals surface area contributed by atoms with E-state index in [-0.39, 0.29) is 34.1 Å². The van der Waals surface area contributed by atoms with Gasteiger partial charge < -0.3 is 14.2 Å². The second kappa shape index (κ2) is 13.8. The van der Waals surface area contributed by atoms with Crippen LogP contribution in [0.3, 0.4) is 0 Å². The molecule has 0 N–H and O–H groups in total. The monoisotopic (exact) mass is 662 g/mol. The summed E-state index contributed by atoms with van der Waals surface area (Å²) in [4.78, 5) is 74.7. The van der Waals surface area contributed by atoms with Gasteiger partial charge in [0.05, 0.1) is 10.4 Å². The Hall–Kier alpha value is -5.78. The highest BCUT2D eigenvalue weighted by Crippen LogP contribution is 2.38. The maximum atomic E-state index is 14.2. The molecule has 12 heteroatoms. The SMILES string of the molecule is CCc1cc(C(=O)/C(=N/OC(=O)C2=CC=CC2)C2CCCC2)cc2c3cc(C(=O)/C(C)=N/OC(=O)C4=CC=CC4)cc([N+](=O)[O-])c3n(C)c12. The van der Waals surface area contributed by atoms with E-state index in [9.17, 15) is 29.3 Å². The van der Waals surface area contributed by atoms with E-state index in [0.717, 1.165) is 31.2 Å². The molecule has 3 aromatic rings. The number of oxime groups is 2. The van der Waals surface area contributed by atoms with Crippen LogP contribution in [0.5, 0.6) is 0 Å². The van der Waals surface area contributed by atoms with Crippen molar-refractivity contribution in [1.29, 1.82) is 0 Å². The lowest BCUT2D eigenvalue weighted by Crippen LogP contribution is -2.24. The van der Waals surface area contributed by atoms with Crippen LogP contribution in [0.25, 0.3) is 21.8 Å². The molecule has 1 aromatic heterocycles. The number of ketones is 2. The van der Waals surface area contributed by atoms with Crippen LogP contribution < -0.4 is 0 Å². The Bertz CT molecular complexity index is 2140. The number of carbonyl (C=O) groups is 4. The molecule has 0 spiro atoms. The standard InChI is InChI=1S/C37H34N4O8/c1-4-22-17-26(35(43)31(23-11-5-6-12-23)39-49-37(45)25-15-9-10-16-25)18-28-29-19-27(20-30(41(46)47)33(29)40(3)32(22)28)34(42)21(2)38-48-36(44)24-13-7-8-14-24/h7-10,13,15,17-20,23H,4-6,11-12,14,16H2,1-3H3/b38-21+,39-31+. The number of aromatic nitrogens is 1. The summed E-state index contributed by atoms with van der Waals surface area (Å²) in [5.74, 6) is -2.56. The fourth-order valence-corrected chi connectivity index (χ4v) is 6.67. The Morgan fingerprint density at radius 2 is 1.43 bits per heavy atom. The fraction of sp³-hybridized carbons (Fsp3) is 0.297. The van der Waals surface area contributed by atoms with E-state index < -0.39 is 28.4 Å². The molecule has 1 fully saturated rings. The van der Waals surface area contributed by atoms with Gasteiger partial charge in [-0.1, -0.05) is 66.5 Å². The lowest BCUT2D eigenvalue weighted by Gasteiger charge is -2.13. The van der Waals surface area contributed by atoms with Gasteiger partial charge in [0.25, 0.3) is 5.69 Å². The van der Waals surface area contributed by atoms with Gasteiger partial charge in [0, 0.05) is 52.1 Å². The van der Waals surface area contributed by atoms with Crippen molar-refractivity contribution in [3.63, 3.8) is 0 Å². The number of fused-ring (bicyclic) bond motifs is 3. The highest BCUT2D eigenvalue weighted by atomic mass is 16.7. The zero-order chi connectivity index (χ0) is 34.8. The molecule has 0 aliphatic heterocycles. The summed E-state index contributed by atoms with van der Waals surface area (Å²) in [7, 11) is 1.70. The van der Waals surface area contributed by atoms with Gasteiger partial charge in [0.2, 0.25) is 11.6 Å². The molecule has 0 atom stereocenters. The summed E-state index contributed by atoms with van der Waals surface area (Å²) >= 11 is 0. The van der Waals surface area contributed by atoms with Crippen LogP contribution in [-0.4, -0.2) is 44.4 Å². The number of rotatable bonds is 11. The number of nitrogens with zero attached hydrogens (tertiary/aromatic N) is 4. The third-order valence-corrected chi connectivity index (χ3v) is 9.20. The van der Waals surface area contributed by atoms with Gasteiger partial charge in [-0.15, -0.1) is 0 Å². The van der Waals surface area contributed by atoms with Gasteiger partial charge in [0.1, 0.15) is 16.9 Å². The van der Waals surface area contributed by atoms with Crippen LogP contribution >= 0.6 is 0 Å². The molecular weight excluding hydrogens is 628 g/mol. The first-order chi connectivity index (χ1) is 23.6. The molecule has 3 aliphatic rings. The van der Waals surface area contributed by atoms with E-state index in [0.29, 0.717) is 52.3 Å². The van der Waals surface area contributed by atoms with Gasteiger partial charge in [-0.3, -0.25) is 19.7 Å². The molecule has 3 aliphatic carbocycles. The number of non-ortho nitro benzene ring substituents is 1. The third-order valence-electron chi connectivity index (χ3n) is 9.20. The van der Waals surface area contributed by atoms with Crippen LogP contribution in [0.15, 0.2) is 82.2 Å². The minimum absolute atomic E-state index is 0.0312. The molecule has 12 nitrogen and oxygen atoms in total. The number of benzene rings is 2. The zero-order valence-electron chi connectivity index (χ0n) is 27.4. The first kappa shape index (κ1) is 33.1. The molecule has 6 rings (SSSR count). The van der Waals surface area contributed by atoms with Gasteiger partial charge in [-0.2, -0.15) is 0 Å². The van der Waals surface area contributed by atoms with Crippen LogP contribution in [0, 0.1) is 16.0 Å². The smallest absolute Gasteiger partial charge is 0.338 e. The third kappa shape index (κ3) is 6.41. The van der Waals surface area contributed by atoms with Crippen molar-refractivity contribution >= 4 is 62.4 Å². The Balaban J connectivity index is 1.43. The number of aryl methyl sites for hydroxylation is 2. The number of carbonyl (C=O) groups excluding carboxylic acids is 4. The van der Waals surface area contributed by atoms with E-state index in [1.54, 1.807) is 54.1 Å². The first-order valence-corrected chi connectivity index (χ1v) is 16.2. The minimum Gasteiger partial charge on any atom is -0.338 e. The zero-order valence-corrected chi connectivity index (χ0v) is 27.4. The molecule has 0 radical (unpaired) electrons. The second-order valence-corrected chi connectivity index (χ2v) is 12.3. The molecule has 0 bridgehead atoms. The van der Waals surface area contributed by atoms with Crippen molar-refractivity contribution in [2.75, 3.05) is 0 Å². The Morgan fingerprint density at radius 1 is 0.857 bits per heavy atom. The van der Waals surface area contributed by atoms with Crippen molar-refractivity contribution in [3.8, 4) is 0 Å². The van der Waals surface area contributed by atoms with E-state index in [1.165, 1.54) is 19.1 Å². The number of nitro benzene ring substituents is 1. The molecule has 1 saturated carbocycles. The van der Waals surface area contributed by atoms with Gasteiger partial charge in [0.15, 0.2) is 0 Å². The molecule has 0 unspecified atom stereocenters. The predicted molar refractivity (Wildman–Crippen MR) is 183 cm³/mol. The number of allylic oxidation sites excluding steroid dienone is 6. The van der Waals surface area contributed by atoms with Crippen LogP contribution in [0.1, 0.15) is 78.7 Å². The molecule has 49 heavy (non-hydrogen) atoms. The summed E-state index contributed by atoms with van der Waals surface area (Å²) in [6.45, 7) is 3.28. The molecule has 0 saturated heterocycles. The quantitative estimate of drug-likeness (QED) is 0.0701. The van der Waals surface area contributed by atoms with E-state index in [2.05, 4.69) is 10.3 Å². The van der Waals surface area contributed by atoms with Crippen LogP contribution in [0.4, 0.5) is 5.69 Å². The molecule has 2 aromatic carbocycles. The highest BCUT2D eigenvalue weighted by molar-refractivity contribution is 6.47. The molecule has 1 heterocycles. The van der Waals surface area contributed by atoms with E-state index in [4.69, 9.17) is 9.68 Å². The van der Waals surface area contributed by atoms with Crippen molar-refractivity contribution in [1.82, 2.24) is 4.57 Å². The topological polar surface area (TPSA) is 160 Å². The second-order valence-electron chi connectivity index (χ2n) is 12.3. The Morgan fingerprint density at radius 3 is 1.98 bits per heavy atom. The lowest BCUT2D eigenvalue weighted by atomic mass is 9.92. The summed E-state index contributed by atoms with van der Waals surface area (Å²) < 4.78 is 1.70. The van der Waals surface area contributed by atoms with Crippen LogP contribution in [-0.2, 0) is 32.7 Å². The minimum atomic E-state index is -0.695. The maximum absolute atomic E-state index is 14.2.